The van der Waals surface area contributed by atoms with Crippen LogP contribution < -0.4 is 9.64 Å². The van der Waals surface area contributed by atoms with Crippen LogP contribution in [0.1, 0.15) is 35.7 Å². The number of nitrogens with zero attached hydrogens (tertiary/aromatic N) is 3. The summed E-state index contributed by atoms with van der Waals surface area (Å²) in [4.78, 5) is 44.8. The van der Waals surface area contributed by atoms with Crippen molar-refractivity contribution in [2.24, 2.45) is 0 Å². The first-order valence-electron chi connectivity index (χ1n) is 9.78. The Labute approximate surface area is 180 Å². The van der Waals surface area contributed by atoms with Crippen molar-refractivity contribution in [3.8, 4) is 5.75 Å². The number of anilines is 1. The Bertz CT molecular complexity index is 1070. The Balaban J connectivity index is 1.60. The van der Waals surface area contributed by atoms with Gasteiger partial charge in [-0.2, -0.15) is 0 Å². The van der Waals surface area contributed by atoms with E-state index in [9.17, 15) is 27.6 Å². The van der Waals surface area contributed by atoms with Crippen molar-refractivity contribution in [3.63, 3.8) is 0 Å². The molecule has 2 heterocycles. The number of carbonyl (C=O) groups excluding carboxylic acids is 3. The van der Waals surface area contributed by atoms with E-state index in [4.69, 9.17) is 4.74 Å². The highest BCUT2D eigenvalue weighted by Crippen LogP contribution is 2.50. The lowest BCUT2D eigenvalue weighted by atomic mass is 10.1. The maximum absolute atomic E-state index is 13.2. The van der Waals surface area contributed by atoms with E-state index in [1.807, 2.05) is 0 Å². The number of rotatable bonds is 6. The molecule has 0 atom stereocenters. The van der Waals surface area contributed by atoms with Gasteiger partial charge in [0.25, 0.3) is 5.91 Å². The third-order valence-corrected chi connectivity index (χ3v) is 5.33. The predicted octanol–water partition coefficient (Wildman–Crippen LogP) is 3.66. The van der Waals surface area contributed by atoms with E-state index in [0.717, 1.165) is 17.0 Å². The lowest BCUT2D eigenvalue weighted by Gasteiger charge is -2.22. The van der Waals surface area contributed by atoms with E-state index in [-0.39, 0.29) is 24.4 Å². The molecule has 168 valence electrons. The zero-order valence-corrected chi connectivity index (χ0v) is 16.9. The third-order valence-electron chi connectivity index (χ3n) is 5.33. The third kappa shape index (κ3) is 3.85. The maximum atomic E-state index is 13.2. The largest absolute Gasteiger partial charge is 0.573 e. The van der Waals surface area contributed by atoms with Crippen LogP contribution >= 0.6 is 0 Å². The first-order valence-corrected chi connectivity index (χ1v) is 9.78. The van der Waals surface area contributed by atoms with E-state index in [1.54, 1.807) is 13.0 Å². The minimum Gasteiger partial charge on any atom is -0.462 e. The number of carbonyl (C=O) groups is 3. The molecule has 0 radical (unpaired) electrons. The summed E-state index contributed by atoms with van der Waals surface area (Å²) in [7, 11) is 0. The Kier molecular flexibility index (Phi) is 5.27. The summed E-state index contributed by atoms with van der Waals surface area (Å²) in [5.74, 6) is -1.51. The van der Waals surface area contributed by atoms with Gasteiger partial charge >= 0.3 is 18.4 Å². The molecule has 2 aliphatic rings. The Morgan fingerprint density at radius 1 is 1.16 bits per heavy atom. The van der Waals surface area contributed by atoms with Gasteiger partial charge in [0, 0.05) is 18.9 Å². The molecule has 2 aromatic rings. The summed E-state index contributed by atoms with van der Waals surface area (Å²) in [5, 5.41) is 0. The summed E-state index contributed by atoms with van der Waals surface area (Å²) < 4.78 is 46.0. The monoisotopic (exact) mass is 449 g/mol. The summed E-state index contributed by atoms with van der Waals surface area (Å²) in [6.07, 6.45) is -1.15. The second kappa shape index (κ2) is 7.81. The number of amides is 3. The highest BCUT2D eigenvalue weighted by atomic mass is 19.4. The van der Waals surface area contributed by atoms with E-state index < -0.39 is 35.6 Å². The molecule has 1 aliphatic heterocycles. The van der Waals surface area contributed by atoms with Crippen LogP contribution in [0, 0.1) is 0 Å². The molecule has 11 heteroatoms. The SMILES string of the molecule is CCOC(=O)c1cnccc1CN1C(=O)N(c2ccc(OC(F)(F)F)cc2)C(=O)C12CC2. The smallest absolute Gasteiger partial charge is 0.462 e. The number of ether oxygens (including phenoxy) is 2. The molecule has 0 unspecified atom stereocenters. The molecule has 0 bridgehead atoms. The topological polar surface area (TPSA) is 89.0 Å². The summed E-state index contributed by atoms with van der Waals surface area (Å²) >= 11 is 0. The van der Waals surface area contributed by atoms with Crippen LogP contribution in [0.5, 0.6) is 5.75 Å². The number of imide groups is 1. The molecule has 1 saturated heterocycles. The first kappa shape index (κ1) is 21.6. The Morgan fingerprint density at radius 3 is 2.44 bits per heavy atom. The molecule has 3 amide bonds. The van der Waals surface area contributed by atoms with Crippen molar-refractivity contribution >= 4 is 23.6 Å². The second-order valence-corrected chi connectivity index (χ2v) is 7.34. The molecule has 32 heavy (non-hydrogen) atoms. The predicted molar refractivity (Wildman–Crippen MR) is 104 cm³/mol. The average molecular weight is 449 g/mol. The highest BCUT2D eigenvalue weighted by Gasteiger charge is 2.65. The first-order chi connectivity index (χ1) is 15.2. The number of urea groups is 1. The normalized spacial score (nSPS) is 17.1. The molecule has 1 aromatic carbocycles. The van der Waals surface area contributed by atoms with Gasteiger partial charge in [0.2, 0.25) is 0 Å². The standard InChI is InChI=1S/C21H18F3N3O5/c1-2-31-17(28)16-11-25-10-7-13(16)12-26-19(30)27(18(29)20(26)8-9-20)14-3-5-15(6-4-14)32-21(22,23)24/h3-7,10-11H,2,8-9,12H2,1H3. The van der Waals surface area contributed by atoms with Gasteiger partial charge in [0.05, 0.1) is 17.9 Å². The van der Waals surface area contributed by atoms with Gasteiger partial charge in [-0.3, -0.25) is 9.78 Å². The summed E-state index contributed by atoms with van der Waals surface area (Å²) in [6, 6.07) is 5.45. The van der Waals surface area contributed by atoms with Gasteiger partial charge in [0.1, 0.15) is 11.3 Å². The number of hydrogen-bond donors (Lipinski definition) is 0. The van der Waals surface area contributed by atoms with Crippen LogP contribution in [0.2, 0.25) is 0 Å². The average Bonchev–Trinajstić information content (AvgIpc) is 3.51. The Hall–Kier alpha value is -3.63. The molecular formula is C21H18F3N3O5. The molecule has 1 aromatic heterocycles. The number of halogens is 3. The van der Waals surface area contributed by atoms with Gasteiger partial charge in [-0.05, 0) is 55.7 Å². The van der Waals surface area contributed by atoms with Crippen LogP contribution in [-0.2, 0) is 16.1 Å². The lowest BCUT2D eigenvalue weighted by molar-refractivity contribution is -0.274. The van der Waals surface area contributed by atoms with Crippen molar-refractivity contribution in [1.82, 2.24) is 9.88 Å². The number of esters is 1. The fourth-order valence-corrected chi connectivity index (χ4v) is 3.68. The quantitative estimate of drug-likeness (QED) is 0.494. The van der Waals surface area contributed by atoms with Crippen LogP contribution in [0.3, 0.4) is 0 Å². The van der Waals surface area contributed by atoms with Crippen molar-refractivity contribution in [2.75, 3.05) is 11.5 Å². The molecule has 4 rings (SSSR count). The van der Waals surface area contributed by atoms with Gasteiger partial charge in [-0.1, -0.05) is 0 Å². The van der Waals surface area contributed by atoms with Crippen LogP contribution in [-0.4, -0.2) is 46.3 Å². The fourth-order valence-electron chi connectivity index (χ4n) is 3.68. The molecular weight excluding hydrogens is 431 g/mol. The van der Waals surface area contributed by atoms with Gasteiger partial charge < -0.3 is 14.4 Å². The fraction of sp³-hybridized carbons (Fsp3) is 0.333. The minimum absolute atomic E-state index is 0.0208. The maximum Gasteiger partial charge on any atom is 0.573 e. The van der Waals surface area contributed by atoms with Gasteiger partial charge in [-0.15, -0.1) is 13.2 Å². The Morgan fingerprint density at radius 2 is 1.84 bits per heavy atom. The summed E-state index contributed by atoms with van der Waals surface area (Å²) in [6.45, 7) is 1.81. The molecule has 0 N–H and O–H groups in total. The highest BCUT2D eigenvalue weighted by molar-refractivity contribution is 6.24. The number of alkyl halides is 3. The van der Waals surface area contributed by atoms with Crippen molar-refractivity contribution < 1.29 is 37.0 Å². The van der Waals surface area contributed by atoms with Crippen molar-refractivity contribution in [2.45, 2.75) is 38.2 Å². The molecule has 2 fully saturated rings. The van der Waals surface area contributed by atoms with E-state index in [1.165, 1.54) is 29.4 Å². The molecule has 1 saturated carbocycles. The van der Waals surface area contributed by atoms with Crippen LogP contribution in [0.25, 0.3) is 0 Å². The van der Waals surface area contributed by atoms with E-state index in [0.29, 0.717) is 18.4 Å². The molecule has 1 spiro atoms. The van der Waals surface area contributed by atoms with Crippen LogP contribution in [0.15, 0.2) is 42.7 Å². The summed E-state index contributed by atoms with van der Waals surface area (Å²) in [5.41, 5.74) is -0.240. The van der Waals surface area contributed by atoms with Crippen molar-refractivity contribution in [1.29, 1.82) is 0 Å². The van der Waals surface area contributed by atoms with Crippen LogP contribution in [0.4, 0.5) is 23.7 Å². The van der Waals surface area contributed by atoms with Gasteiger partial charge in [-0.25, -0.2) is 14.5 Å². The molecule has 8 nitrogen and oxygen atoms in total. The number of hydrogen-bond acceptors (Lipinski definition) is 6. The zero-order valence-electron chi connectivity index (χ0n) is 16.9. The molecule has 1 aliphatic carbocycles. The van der Waals surface area contributed by atoms with Gasteiger partial charge in [0.15, 0.2) is 0 Å². The second-order valence-electron chi connectivity index (χ2n) is 7.34. The number of aromatic nitrogens is 1. The minimum atomic E-state index is -4.85. The van der Waals surface area contributed by atoms with E-state index >= 15 is 0 Å². The number of benzene rings is 1. The van der Waals surface area contributed by atoms with Crippen molar-refractivity contribution in [3.05, 3.63) is 53.9 Å². The van der Waals surface area contributed by atoms with E-state index in [2.05, 4.69) is 9.72 Å². The zero-order chi connectivity index (χ0) is 23.1. The number of pyridine rings is 1. The lowest BCUT2D eigenvalue weighted by Crippen LogP contribution is -2.37.